The molecule has 5 rings (SSSR count). The number of nitrogens with one attached hydrogen (secondary N) is 1. The van der Waals surface area contributed by atoms with E-state index < -0.39 is 17.8 Å². The minimum atomic E-state index is -0.860. The van der Waals surface area contributed by atoms with Crippen molar-refractivity contribution in [2.24, 2.45) is 0 Å². The zero-order valence-corrected chi connectivity index (χ0v) is 26.5. The SMILES string of the molecule is CCOc1cc(/C=C2\C(=O)NC(=O)N(c3ccc(OCc4ccc(Br)cc4)cc3)C2=O)cc(Br)c1OCc1ccc(F)cc1. The highest BCUT2D eigenvalue weighted by Crippen LogP contribution is 2.38. The maximum Gasteiger partial charge on any atom is 0.335 e. The molecule has 1 aliphatic heterocycles. The molecule has 224 valence electrons. The summed E-state index contributed by atoms with van der Waals surface area (Å²) in [5, 5.41) is 2.23. The third-order valence-corrected chi connectivity index (χ3v) is 7.57. The highest BCUT2D eigenvalue weighted by atomic mass is 79.9. The number of hydrogen-bond acceptors (Lipinski definition) is 6. The van der Waals surface area contributed by atoms with Gasteiger partial charge in [-0.25, -0.2) is 14.1 Å². The molecular formula is C33H25Br2FN2O6. The number of imide groups is 2. The van der Waals surface area contributed by atoms with E-state index in [0.717, 1.165) is 20.5 Å². The predicted molar refractivity (Wildman–Crippen MR) is 170 cm³/mol. The van der Waals surface area contributed by atoms with Crippen LogP contribution in [0.3, 0.4) is 0 Å². The molecule has 11 heteroatoms. The van der Waals surface area contributed by atoms with Gasteiger partial charge in [0.1, 0.15) is 30.4 Å². The number of carbonyl (C=O) groups is 3. The second-order valence-corrected chi connectivity index (χ2v) is 11.3. The lowest BCUT2D eigenvalue weighted by Gasteiger charge is -2.26. The van der Waals surface area contributed by atoms with Gasteiger partial charge in [-0.05, 0) is 106 Å². The van der Waals surface area contributed by atoms with Crippen molar-refractivity contribution in [1.82, 2.24) is 5.32 Å². The Morgan fingerprint density at radius 2 is 1.45 bits per heavy atom. The summed E-state index contributed by atoms with van der Waals surface area (Å²) in [5.41, 5.74) is 2.21. The van der Waals surface area contributed by atoms with Crippen LogP contribution in [-0.4, -0.2) is 24.5 Å². The number of carbonyl (C=O) groups excluding carboxylic acids is 3. The van der Waals surface area contributed by atoms with Gasteiger partial charge in [0.15, 0.2) is 11.5 Å². The molecule has 1 aliphatic rings. The fourth-order valence-electron chi connectivity index (χ4n) is 4.31. The largest absolute Gasteiger partial charge is 0.490 e. The van der Waals surface area contributed by atoms with Crippen molar-refractivity contribution < 1.29 is 33.0 Å². The molecule has 0 atom stereocenters. The number of ether oxygens (including phenoxy) is 3. The van der Waals surface area contributed by atoms with Crippen LogP contribution in [0.15, 0.2) is 99.4 Å². The van der Waals surface area contributed by atoms with E-state index in [2.05, 4.69) is 37.2 Å². The topological polar surface area (TPSA) is 94.2 Å². The van der Waals surface area contributed by atoms with Crippen molar-refractivity contribution in [3.63, 3.8) is 0 Å². The lowest BCUT2D eigenvalue weighted by Crippen LogP contribution is -2.54. The number of benzene rings is 4. The number of halogens is 3. The fraction of sp³-hybridized carbons (Fsp3) is 0.121. The fourth-order valence-corrected chi connectivity index (χ4v) is 5.15. The van der Waals surface area contributed by atoms with Crippen LogP contribution in [0.5, 0.6) is 17.2 Å². The summed E-state index contributed by atoms with van der Waals surface area (Å²) < 4.78 is 32.3. The number of barbiturate groups is 1. The van der Waals surface area contributed by atoms with Gasteiger partial charge in [-0.3, -0.25) is 14.9 Å². The molecule has 0 radical (unpaired) electrons. The Balaban J connectivity index is 1.35. The Morgan fingerprint density at radius 3 is 2.11 bits per heavy atom. The summed E-state index contributed by atoms with van der Waals surface area (Å²) in [7, 11) is 0. The summed E-state index contributed by atoms with van der Waals surface area (Å²) in [6.45, 7) is 2.63. The molecule has 8 nitrogen and oxygen atoms in total. The zero-order chi connectivity index (χ0) is 31.2. The molecular weight excluding hydrogens is 699 g/mol. The molecule has 44 heavy (non-hydrogen) atoms. The quantitative estimate of drug-likeness (QED) is 0.134. The number of urea groups is 1. The Morgan fingerprint density at radius 1 is 0.818 bits per heavy atom. The molecule has 1 saturated heterocycles. The predicted octanol–water partition coefficient (Wildman–Crippen LogP) is 7.57. The van der Waals surface area contributed by atoms with Gasteiger partial charge in [-0.1, -0.05) is 40.2 Å². The van der Waals surface area contributed by atoms with Gasteiger partial charge in [0.2, 0.25) is 0 Å². The second kappa shape index (κ2) is 13.9. The number of amides is 4. The molecule has 0 unspecified atom stereocenters. The Hall–Kier alpha value is -4.48. The second-order valence-electron chi connectivity index (χ2n) is 9.55. The van der Waals surface area contributed by atoms with Crippen molar-refractivity contribution >= 4 is 61.5 Å². The van der Waals surface area contributed by atoms with Gasteiger partial charge in [-0.15, -0.1) is 0 Å². The molecule has 0 aliphatic carbocycles. The van der Waals surface area contributed by atoms with Gasteiger partial charge in [0.05, 0.1) is 16.8 Å². The number of hydrogen-bond donors (Lipinski definition) is 1. The van der Waals surface area contributed by atoms with Gasteiger partial charge in [0.25, 0.3) is 11.8 Å². The third kappa shape index (κ3) is 7.35. The van der Waals surface area contributed by atoms with Gasteiger partial charge >= 0.3 is 6.03 Å². The minimum Gasteiger partial charge on any atom is -0.490 e. The van der Waals surface area contributed by atoms with Crippen LogP contribution in [0.4, 0.5) is 14.9 Å². The summed E-state index contributed by atoms with van der Waals surface area (Å²) in [4.78, 5) is 39.9. The van der Waals surface area contributed by atoms with Crippen molar-refractivity contribution in [1.29, 1.82) is 0 Å². The molecule has 0 spiro atoms. The van der Waals surface area contributed by atoms with E-state index in [4.69, 9.17) is 14.2 Å². The van der Waals surface area contributed by atoms with Crippen LogP contribution in [0, 0.1) is 5.82 Å². The van der Waals surface area contributed by atoms with E-state index >= 15 is 0 Å². The normalized spacial score (nSPS) is 14.0. The average Bonchev–Trinajstić information content (AvgIpc) is 3.00. The molecule has 0 aromatic heterocycles. The summed E-state index contributed by atoms with van der Waals surface area (Å²) >= 11 is 6.89. The first kappa shape index (κ1) is 31.0. The van der Waals surface area contributed by atoms with E-state index in [0.29, 0.717) is 40.5 Å². The standard InChI is InChI=1S/C33H25Br2FN2O6/c1-2-42-29-17-22(16-28(35)30(29)44-19-21-5-9-24(36)10-6-21)15-27-31(39)37-33(41)38(32(27)40)25-11-13-26(14-12-25)43-18-20-3-7-23(34)8-4-20/h3-17H,2,18-19H2,1H3,(H,37,39,41)/b27-15+. The molecule has 0 bridgehead atoms. The van der Waals surface area contributed by atoms with Gasteiger partial charge in [0, 0.05) is 4.47 Å². The first-order valence-corrected chi connectivity index (χ1v) is 15.0. The molecule has 0 saturated carbocycles. The maximum atomic E-state index is 13.5. The third-order valence-electron chi connectivity index (χ3n) is 6.45. The highest BCUT2D eigenvalue weighted by molar-refractivity contribution is 9.10. The lowest BCUT2D eigenvalue weighted by molar-refractivity contribution is -0.122. The van der Waals surface area contributed by atoms with Crippen LogP contribution in [0.1, 0.15) is 23.6 Å². The molecule has 1 N–H and O–H groups in total. The van der Waals surface area contributed by atoms with E-state index in [1.807, 2.05) is 31.2 Å². The van der Waals surface area contributed by atoms with Crippen molar-refractivity contribution in [3.05, 3.63) is 122 Å². The average molecular weight is 724 g/mol. The van der Waals surface area contributed by atoms with Crippen LogP contribution < -0.4 is 24.4 Å². The maximum absolute atomic E-state index is 13.5. The summed E-state index contributed by atoms with van der Waals surface area (Å²) in [6.07, 6.45) is 1.38. The van der Waals surface area contributed by atoms with Crippen molar-refractivity contribution in [2.75, 3.05) is 11.5 Å². The summed E-state index contributed by atoms with van der Waals surface area (Å²) in [5.74, 6) is -0.640. The van der Waals surface area contributed by atoms with E-state index in [1.165, 1.54) is 18.2 Å². The summed E-state index contributed by atoms with van der Waals surface area (Å²) in [6, 6.07) is 22.5. The van der Waals surface area contributed by atoms with Crippen molar-refractivity contribution in [3.8, 4) is 17.2 Å². The van der Waals surface area contributed by atoms with Crippen LogP contribution in [0.2, 0.25) is 0 Å². The van der Waals surface area contributed by atoms with Crippen LogP contribution >= 0.6 is 31.9 Å². The monoisotopic (exact) mass is 722 g/mol. The van der Waals surface area contributed by atoms with Gasteiger partial charge in [-0.2, -0.15) is 0 Å². The van der Waals surface area contributed by atoms with E-state index in [-0.39, 0.29) is 23.7 Å². The van der Waals surface area contributed by atoms with Crippen LogP contribution in [-0.2, 0) is 22.8 Å². The molecule has 1 heterocycles. The molecule has 1 fully saturated rings. The Kier molecular flexibility index (Phi) is 9.76. The van der Waals surface area contributed by atoms with E-state index in [1.54, 1.807) is 48.5 Å². The lowest BCUT2D eigenvalue weighted by atomic mass is 10.1. The molecule has 4 aromatic carbocycles. The van der Waals surface area contributed by atoms with E-state index in [9.17, 15) is 18.8 Å². The molecule has 4 amide bonds. The number of rotatable bonds is 10. The van der Waals surface area contributed by atoms with Gasteiger partial charge < -0.3 is 14.2 Å². The zero-order valence-electron chi connectivity index (χ0n) is 23.3. The first-order valence-electron chi connectivity index (χ1n) is 13.4. The Bertz CT molecular complexity index is 1730. The molecule has 4 aromatic rings. The highest BCUT2D eigenvalue weighted by Gasteiger charge is 2.37. The van der Waals surface area contributed by atoms with Crippen molar-refractivity contribution in [2.45, 2.75) is 20.1 Å². The van der Waals surface area contributed by atoms with Crippen LogP contribution in [0.25, 0.3) is 6.08 Å². The minimum absolute atomic E-state index is 0.158. The Labute approximate surface area is 269 Å². The first-order chi connectivity index (χ1) is 21.2. The number of nitrogens with zero attached hydrogens (tertiary/aromatic N) is 1. The number of anilines is 1. The smallest absolute Gasteiger partial charge is 0.335 e.